The van der Waals surface area contributed by atoms with Crippen molar-refractivity contribution in [3.8, 4) is 0 Å². The van der Waals surface area contributed by atoms with E-state index in [1.54, 1.807) is 0 Å². The van der Waals surface area contributed by atoms with Crippen molar-refractivity contribution < 1.29 is 66.0 Å². The van der Waals surface area contributed by atoms with E-state index in [9.17, 15) is 5.11 Å². The van der Waals surface area contributed by atoms with E-state index in [1.165, 1.54) is 0 Å². The van der Waals surface area contributed by atoms with E-state index in [2.05, 4.69) is 0 Å². The van der Waals surface area contributed by atoms with Gasteiger partial charge in [0, 0.05) is 13.2 Å². The van der Waals surface area contributed by atoms with E-state index in [0.29, 0.717) is 26.4 Å². The summed E-state index contributed by atoms with van der Waals surface area (Å²) in [6.45, 7) is 3.90. The molecule has 0 fully saturated rings. The Hall–Kier alpha value is 1.52. The van der Waals surface area contributed by atoms with Gasteiger partial charge in [0.15, 0.2) is 0 Å². The van der Waals surface area contributed by atoms with Gasteiger partial charge in [-0.15, -0.1) is 6.61 Å². The summed E-state index contributed by atoms with van der Waals surface area (Å²) in [5.41, 5.74) is 0. The first kappa shape index (κ1) is 14.1. The molecule has 3 nitrogen and oxygen atoms in total. The monoisotopic (exact) mass is 172 g/mol. The predicted octanol–water partition coefficient (Wildman–Crippen LogP) is -3.60. The summed E-state index contributed by atoms with van der Waals surface area (Å²) in [5.74, 6) is 0. The minimum Gasteiger partial charge on any atom is -0.853 e. The fourth-order valence-electron chi connectivity index (χ4n) is 0.423. The molecule has 0 aromatic heterocycles. The standard InChI is InChI=1S/C6H13O3.K/c1-2-8-5-6-9-4-3-7;/h2-6H2,1H3;/q-1;+1. The molecule has 0 aromatic carbocycles. The van der Waals surface area contributed by atoms with E-state index in [0.717, 1.165) is 0 Å². The quantitative estimate of drug-likeness (QED) is 0.307. The zero-order chi connectivity index (χ0) is 6.95. The second kappa shape index (κ2) is 13.1. The molecule has 0 unspecified atom stereocenters. The Morgan fingerprint density at radius 2 is 1.70 bits per heavy atom. The maximum atomic E-state index is 9.80. The summed E-state index contributed by atoms with van der Waals surface area (Å²) in [4.78, 5) is 0. The summed E-state index contributed by atoms with van der Waals surface area (Å²) in [5, 5.41) is 9.80. The van der Waals surface area contributed by atoms with Gasteiger partial charge in [0.1, 0.15) is 0 Å². The van der Waals surface area contributed by atoms with Gasteiger partial charge in [-0.25, -0.2) is 0 Å². The van der Waals surface area contributed by atoms with Gasteiger partial charge >= 0.3 is 51.4 Å². The van der Waals surface area contributed by atoms with Crippen molar-refractivity contribution in [3.05, 3.63) is 0 Å². The molecule has 0 atom stereocenters. The van der Waals surface area contributed by atoms with Crippen LogP contribution in [0.25, 0.3) is 0 Å². The van der Waals surface area contributed by atoms with Crippen LogP contribution in [0.4, 0.5) is 0 Å². The molecule has 0 saturated heterocycles. The Bertz CT molecular complexity index is 46.3. The molecule has 0 N–H and O–H groups in total. The molecule has 0 bridgehead atoms. The molecule has 0 rings (SSSR count). The molecule has 0 amide bonds. The van der Waals surface area contributed by atoms with E-state index >= 15 is 0 Å². The van der Waals surface area contributed by atoms with Crippen molar-refractivity contribution in [2.24, 2.45) is 0 Å². The fraction of sp³-hybridized carbons (Fsp3) is 1.00. The van der Waals surface area contributed by atoms with Crippen LogP contribution in [0.1, 0.15) is 6.92 Å². The van der Waals surface area contributed by atoms with Crippen molar-refractivity contribution in [1.82, 2.24) is 0 Å². The summed E-state index contributed by atoms with van der Waals surface area (Å²) >= 11 is 0. The molecule has 0 aliphatic rings. The SMILES string of the molecule is CCOCCOCC[O-].[K+]. The number of rotatable bonds is 6. The van der Waals surface area contributed by atoms with Crippen LogP contribution in [0.3, 0.4) is 0 Å². The Balaban J connectivity index is 0. The third-order valence-electron chi connectivity index (χ3n) is 0.804. The average Bonchev–Trinajstić information content (AvgIpc) is 1.89. The largest absolute Gasteiger partial charge is 1.00 e. The van der Waals surface area contributed by atoms with Crippen LogP contribution < -0.4 is 56.5 Å². The number of hydrogen-bond acceptors (Lipinski definition) is 3. The Labute approximate surface area is 105 Å². The average molecular weight is 172 g/mol. The second-order valence-electron chi connectivity index (χ2n) is 1.51. The molecule has 56 valence electrons. The molecule has 0 heterocycles. The molecule has 0 aromatic rings. The topological polar surface area (TPSA) is 41.5 Å². The van der Waals surface area contributed by atoms with E-state index in [-0.39, 0.29) is 58.0 Å². The van der Waals surface area contributed by atoms with Crippen LogP contribution in [0.15, 0.2) is 0 Å². The normalized spacial score (nSPS) is 9.00. The van der Waals surface area contributed by atoms with Gasteiger partial charge in [0.2, 0.25) is 0 Å². The molecule has 4 heteroatoms. The number of hydrogen-bond donors (Lipinski definition) is 0. The van der Waals surface area contributed by atoms with E-state index in [4.69, 9.17) is 9.47 Å². The van der Waals surface area contributed by atoms with Gasteiger partial charge in [-0.1, -0.05) is 0 Å². The Kier molecular flexibility index (Phi) is 18.5. The third-order valence-corrected chi connectivity index (χ3v) is 0.804. The van der Waals surface area contributed by atoms with Gasteiger partial charge in [-0.3, -0.25) is 0 Å². The number of ether oxygens (including phenoxy) is 2. The first-order valence-corrected chi connectivity index (χ1v) is 3.15. The molecule has 0 spiro atoms. The zero-order valence-electron chi connectivity index (χ0n) is 6.76. The predicted molar refractivity (Wildman–Crippen MR) is 32.2 cm³/mol. The van der Waals surface area contributed by atoms with Crippen LogP contribution in [0.2, 0.25) is 0 Å². The fourth-order valence-corrected chi connectivity index (χ4v) is 0.423. The molecular weight excluding hydrogens is 159 g/mol. The molecule has 0 radical (unpaired) electrons. The molecule has 0 aliphatic heterocycles. The summed E-state index contributed by atoms with van der Waals surface area (Å²) in [6.07, 6.45) is 0. The van der Waals surface area contributed by atoms with Crippen LogP contribution in [-0.4, -0.2) is 33.0 Å². The molecule has 0 saturated carbocycles. The Morgan fingerprint density at radius 3 is 2.20 bits per heavy atom. The maximum Gasteiger partial charge on any atom is 1.00 e. The first-order valence-electron chi connectivity index (χ1n) is 3.15. The van der Waals surface area contributed by atoms with Gasteiger partial charge in [0.25, 0.3) is 0 Å². The van der Waals surface area contributed by atoms with Gasteiger partial charge in [0.05, 0.1) is 13.2 Å². The van der Waals surface area contributed by atoms with Crippen LogP contribution in [0, 0.1) is 0 Å². The van der Waals surface area contributed by atoms with Crippen LogP contribution in [-0.2, 0) is 9.47 Å². The summed E-state index contributed by atoms with van der Waals surface area (Å²) in [6, 6.07) is 0. The van der Waals surface area contributed by atoms with Crippen LogP contribution in [0.5, 0.6) is 0 Å². The van der Waals surface area contributed by atoms with Crippen molar-refractivity contribution >= 4 is 0 Å². The van der Waals surface area contributed by atoms with Gasteiger partial charge in [-0.2, -0.15) is 0 Å². The maximum absolute atomic E-state index is 9.80. The van der Waals surface area contributed by atoms with Crippen molar-refractivity contribution in [2.75, 3.05) is 33.0 Å². The van der Waals surface area contributed by atoms with Crippen molar-refractivity contribution in [3.63, 3.8) is 0 Å². The van der Waals surface area contributed by atoms with Crippen molar-refractivity contribution in [2.45, 2.75) is 6.92 Å². The molecule has 10 heavy (non-hydrogen) atoms. The minimum absolute atomic E-state index is 0. The van der Waals surface area contributed by atoms with Gasteiger partial charge in [-0.05, 0) is 6.92 Å². The summed E-state index contributed by atoms with van der Waals surface area (Å²) < 4.78 is 9.80. The molecular formula is C6H13KO3. The third kappa shape index (κ3) is 12.2. The Morgan fingerprint density at radius 1 is 1.10 bits per heavy atom. The van der Waals surface area contributed by atoms with Gasteiger partial charge < -0.3 is 14.6 Å². The zero-order valence-corrected chi connectivity index (χ0v) is 9.88. The first-order chi connectivity index (χ1) is 4.41. The van der Waals surface area contributed by atoms with Crippen LogP contribution >= 0.6 is 0 Å². The van der Waals surface area contributed by atoms with Crippen molar-refractivity contribution in [1.29, 1.82) is 0 Å². The van der Waals surface area contributed by atoms with E-state index in [1.807, 2.05) is 6.92 Å². The second-order valence-corrected chi connectivity index (χ2v) is 1.51. The van der Waals surface area contributed by atoms with E-state index < -0.39 is 0 Å². The smallest absolute Gasteiger partial charge is 0.853 e. The molecule has 0 aliphatic carbocycles. The minimum atomic E-state index is -0.161. The summed E-state index contributed by atoms with van der Waals surface area (Å²) in [7, 11) is 0.